The van der Waals surface area contributed by atoms with Gasteiger partial charge in [-0.3, -0.25) is 9.69 Å². The van der Waals surface area contributed by atoms with Gasteiger partial charge < -0.3 is 10.5 Å². The normalized spacial score (nSPS) is 21.0. The Morgan fingerprint density at radius 2 is 1.71 bits per heavy atom. The number of carbonyl (C=O) groups excluding carboxylic acids is 2. The van der Waals surface area contributed by atoms with Gasteiger partial charge in [-0.1, -0.05) is 66.6 Å². The minimum atomic E-state index is -0.619. The molecular weight excluding hydrogens is 372 g/mol. The molecule has 4 rings (SSSR count). The first-order chi connectivity index (χ1) is 13.6. The van der Waals surface area contributed by atoms with Gasteiger partial charge in [0.2, 0.25) is 5.91 Å². The smallest absolute Gasteiger partial charge is 0.357 e. The van der Waals surface area contributed by atoms with Crippen molar-refractivity contribution in [2.24, 2.45) is 5.73 Å². The summed E-state index contributed by atoms with van der Waals surface area (Å²) >= 11 is 1.46. The number of terminal acetylenes is 1. The van der Waals surface area contributed by atoms with Crippen LogP contribution in [-0.4, -0.2) is 33.9 Å². The predicted molar refractivity (Wildman–Crippen MR) is 108 cm³/mol. The molecule has 2 N–H and O–H groups in total. The number of esters is 1. The molecule has 0 saturated carbocycles. The fourth-order valence-corrected chi connectivity index (χ4v) is 4.60. The third kappa shape index (κ3) is 3.09. The van der Waals surface area contributed by atoms with Crippen molar-refractivity contribution in [3.05, 3.63) is 83.1 Å². The molecule has 140 valence electrons. The van der Waals surface area contributed by atoms with Crippen LogP contribution in [0.2, 0.25) is 0 Å². The molecule has 0 aromatic heterocycles. The Morgan fingerprint density at radius 1 is 1.14 bits per heavy atom. The molecule has 1 amide bonds. The summed E-state index contributed by atoms with van der Waals surface area (Å²) in [5.41, 5.74) is 8.12. The Morgan fingerprint density at radius 3 is 2.25 bits per heavy atom. The van der Waals surface area contributed by atoms with Crippen LogP contribution in [0.25, 0.3) is 0 Å². The van der Waals surface area contributed by atoms with Crippen molar-refractivity contribution in [3.63, 3.8) is 0 Å². The number of carbonyl (C=O) groups is 2. The second kappa shape index (κ2) is 7.55. The Labute approximate surface area is 167 Å². The van der Waals surface area contributed by atoms with Crippen LogP contribution in [0.4, 0.5) is 0 Å². The minimum absolute atomic E-state index is 0.134. The first-order valence-corrected chi connectivity index (χ1v) is 9.87. The van der Waals surface area contributed by atoms with E-state index in [9.17, 15) is 9.59 Å². The van der Waals surface area contributed by atoms with Crippen LogP contribution < -0.4 is 5.73 Å². The van der Waals surface area contributed by atoms with E-state index < -0.39 is 18.1 Å². The summed E-state index contributed by atoms with van der Waals surface area (Å²) in [6.07, 6.45) is 4.99. The van der Waals surface area contributed by atoms with E-state index in [1.807, 2.05) is 60.7 Å². The van der Waals surface area contributed by atoms with Gasteiger partial charge >= 0.3 is 5.97 Å². The number of ether oxygens (including phenoxy) is 1. The second-order valence-corrected chi connectivity index (χ2v) is 7.62. The highest BCUT2D eigenvalue weighted by atomic mass is 32.2. The van der Waals surface area contributed by atoms with E-state index >= 15 is 0 Å². The van der Waals surface area contributed by atoms with Crippen LogP contribution in [0, 0.1) is 12.3 Å². The fourth-order valence-electron chi connectivity index (χ4n) is 3.36. The quantitative estimate of drug-likeness (QED) is 0.493. The van der Waals surface area contributed by atoms with E-state index in [1.54, 1.807) is 0 Å². The molecule has 2 aliphatic heterocycles. The molecule has 0 aliphatic carbocycles. The van der Waals surface area contributed by atoms with E-state index in [4.69, 9.17) is 16.9 Å². The molecule has 2 aromatic carbocycles. The lowest BCUT2D eigenvalue weighted by Gasteiger charge is -2.47. The molecule has 0 bridgehead atoms. The van der Waals surface area contributed by atoms with Crippen LogP contribution >= 0.6 is 11.8 Å². The standard InChI is InChI=1S/C22H18N2O3S/c1-2-14-13-28-21-17(23)20(25)24(21)18(14)22(26)27-19(15-9-5-3-6-10-15)16-11-7-4-8-12-16/h1,3-12,17,19,21H,13,23H2/t17?,21-/m0/s1. The molecule has 2 atom stereocenters. The maximum atomic E-state index is 13.1. The summed E-state index contributed by atoms with van der Waals surface area (Å²) in [6.45, 7) is 0. The maximum Gasteiger partial charge on any atom is 0.357 e. The summed E-state index contributed by atoms with van der Waals surface area (Å²) < 4.78 is 5.89. The lowest BCUT2D eigenvalue weighted by molar-refractivity contribution is -0.153. The summed E-state index contributed by atoms with van der Waals surface area (Å²) in [5.74, 6) is 2.05. The maximum absolute atomic E-state index is 13.1. The number of rotatable bonds is 4. The molecule has 2 heterocycles. The van der Waals surface area contributed by atoms with Crippen LogP contribution in [0.3, 0.4) is 0 Å². The highest BCUT2D eigenvalue weighted by molar-refractivity contribution is 8.00. The summed E-state index contributed by atoms with van der Waals surface area (Å²) in [6, 6.07) is 18.3. The molecular formula is C22H18N2O3S. The Balaban J connectivity index is 1.69. The van der Waals surface area contributed by atoms with Crippen molar-refractivity contribution < 1.29 is 14.3 Å². The number of amides is 1. The van der Waals surface area contributed by atoms with Gasteiger partial charge in [-0.2, -0.15) is 0 Å². The molecule has 0 spiro atoms. The molecule has 2 aromatic rings. The molecule has 6 heteroatoms. The number of nitrogens with zero attached hydrogens (tertiary/aromatic N) is 1. The van der Waals surface area contributed by atoms with Crippen molar-refractivity contribution in [2.75, 3.05) is 5.75 Å². The van der Waals surface area contributed by atoms with Gasteiger partial charge in [-0.15, -0.1) is 18.2 Å². The first-order valence-electron chi connectivity index (χ1n) is 8.82. The second-order valence-electron chi connectivity index (χ2n) is 6.51. The van der Waals surface area contributed by atoms with Crippen LogP contribution in [-0.2, 0) is 14.3 Å². The number of β-lactam (4-membered cyclic amide) rings is 1. The molecule has 0 radical (unpaired) electrons. The zero-order chi connectivity index (χ0) is 19.7. The van der Waals surface area contributed by atoms with E-state index in [-0.39, 0.29) is 17.0 Å². The molecule has 1 fully saturated rings. The fraction of sp³-hybridized carbons (Fsp3) is 0.182. The Kier molecular flexibility index (Phi) is 4.95. The van der Waals surface area contributed by atoms with Gasteiger partial charge in [-0.05, 0) is 11.1 Å². The third-order valence-electron chi connectivity index (χ3n) is 4.81. The molecule has 2 aliphatic rings. The van der Waals surface area contributed by atoms with Gasteiger partial charge in [0.1, 0.15) is 17.1 Å². The third-order valence-corrected chi connectivity index (χ3v) is 6.11. The van der Waals surface area contributed by atoms with E-state index in [1.165, 1.54) is 16.7 Å². The number of nitrogens with two attached hydrogens (primary N) is 1. The van der Waals surface area contributed by atoms with Crippen molar-refractivity contribution in [2.45, 2.75) is 17.5 Å². The zero-order valence-electron chi connectivity index (χ0n) is 14.9. The summed E-state index contributed by atoms with van der Waals surface area (Å²) in [4.78, 5) is 26.8. The first kappa shape index (κ1) is 18.4. The Bertz CT molecular complexity index is 942. The number of hydrogen-bond donors (Lipinski definition) is 1. The van der Waals surface area contributed by atoms with Crippen molar-refractivity contribution in [3.8, 4) is 12.3 Å². The topological polar surface area (TPSA) is 72.6 Å². The van der Waals surface area contributed by atoms with E-state index in [0.29, 0.717) is 11.3 Å². The molecule has 28 heavy (non-hydrogen) atoms. The van der Waals surface area contributed by atoms with Crippen molar-refractivity contribution in [1.82, 2.24) is 4.90 Å². The molecule has 5 nitrogen and oxygen atoms in total. The lowest BCUT2D eigenvalue weighted by Crippen LogP contribution is -2.68. The van der Waals surface area contributed by atoms with Gasteiger partial charge in [-0.25, -0.2) is 4.79 Å². The van der Waals surface area contributed by atoms with Crippen LogP contribution in [0.5, 0.6) is 0 Å². The number of thioether (sulfide) groups is 1. The average molecular weight is 390 g/mol. The van der Waals surface area contributed by atoms with Gasteiger partial charge in [0.15, 0.2) is 6.10 Å². The monoisotopic (exact) mass is 390 g/mol. The predicted octanol–water partition coefficient (Wildman–Crippen LogP) is 2.45. The molecule has 1 unspecified atom stereocenters. The van der Waals surface area contributed by atoms with Crippen LogP contribution in [0.15, 0.2) is 71.9 Å². The van der Waals surface area contributed by atoms with Crippen LogP contribution in [0.1, 0.15) is 17.2 Å². The minimum Gasteiger partial charge on any atom is -0.448 e. The van der Waals surface area contributed by atoms with E-state index in [2.05, 4.69) is 5.92 Å². The van der Waals surface area contributed by atoms with E-state index in [0.717, 1.165) is 11.1 Å². The zero-order valence-corrected chi connectivity index (χ0v) is 15.8. The highest BCUT2D eigenvalue weighted by Crippen LogP contribution is 2.40. The SMILES string of the molecule is C#CC1=C(C(=O)OC(c2ccccc2)c2ccccc2)N2C(=O)C(N)[C@@H]2SC1. The van der Waals surface area contributed by atoms with Gasteiger partial charge in [0.05, 0.1) is 0 Å². The van der Waals surface area contributed by atoms with Gasteiger partial charge in [0.25, 0.3) is 0 Å². The summed E-state index contributed by atoms with van der Waals surface area (Å²) in [5, 5.41) is -0.279. The number of fused-ring (bicyclic) bond motifs is 1. The number of hydrogen-bond acceptors (Lipinski definition) is 5. The average Bonchev–Trinajstić information content (AvgIpc) is 2.76. The Hall–Kier alpha value is -3.01. The molecule has 1 saturated heterocycles. The summed E-state index contributed by atoms with van der Waals surface area (Å²) in [7, 11) is 0. The van der Waals surface area contributed by atoms with Crippen molar-refractivity contribution >= 4 is 23.6 Å². The van der Waals surface area contributed by atoms with Gasteiger partial charge in [0, 0.05) is 11.3 Å². The van der Waals surface area contributed by atoms with Crippen molar-refractivity contribution in [1.29, 1.82) is 0 Å². The lowest BCUT2D eigenvalue weighted by atomic mass is 10.0. The largest absolute Gasteiger partial charge is 0.448 e. The highest BCUT2D eigenvalue weighted by Gasteiger charge is 2.52. The number of benzene rings is 2.